The predicted molar refractivity (Wildman–Crippen MR) is 78.8 cm³/mol. The molecule has 1 aliphatic heterocycles. The van der Waals surface area contributed by atoms with Crippen LogP contribution in [0.15, 0.2) is 30.5 Å². The van der Waals surface area contributed by atoms with Crippen molar-refractivity contribution in [3.63, 3.8) is 0 Å². The second-order valence-corrected chi connectivity index (χ2v) is 5.66. The largest absolute Gasteiger partial charge is 0.481 e. The normalized spacial score (nSPS) is 18.6. The minimum absolute atomic E-state index is 0.0965. The van der Waals surface area contributed by atoms with Gasteiger partial charge in [-0.05, 0) is 42.5 Å². The quantitative estimate of drug-likeness (QED) is 0.944. The summed E-state index contributed by atoms with van der Waals surface area (Å²) in [5.41, 5.74) is 0.667. The summed E-state index contributed by atoms with van der Waals surface area (Å²) in [7, 11) is 0. The minimum Gasteiger partial charge on any atom is -0.481 e. The number of halogens is 1. The molecule has 0 spiro atoms. The van der Waals surface area contributed by atoms with Gasteiger partial charge >= 0.3 is 5.97 Å². The van der Waals surface area contributed by atoms with E-state index in [0.29, 0.717) is 24.9 Å². The molecule has 1 saturated heterocycles. The van der Waals surface area contributed by atoms with Crippen LogP contribution in [0, 0.1) is 11.7 Å². The third-order valence-electron chi connectivity index (χ3n) is 4.16. The maximum atomic E-state index is 13.4. The van der Waals surface area contributed by atoms with E-state index in [1.807, 2.05) is 6.07 Å². The number of hydrogen-bond donors (Lipinski definition) is 1. The maximum absolute atomic E-state index is 13.4. The highest BCUT2D eigenvalue weighted by Gasteiger charge is 2.28. The Morgan fingerprint density at radius 2 is 2.14 bits per heavy atom. The van der Waals surface area contributed by atoms with Crippen LogP contribution in [0.3, 0.4) is 0 Å². The summed E-state index contributed by atoms with van der Waals surface area (Å²) in [6.07, 6.45) is 3.06. The molecule has 1 atom stereocenters. The van der Waals surface area contributed by atoms with Crippen LogP contribution in [0.4, 0.5) is 4.39 Å². The Balaban J connectivity index is 1.75. The molecule has 0 unspecified atom stereocenters. The van der Waals surface area contributed by atoms with Gasteiger partial charge in [0.1, 0.15) is 12.4 Å². The Morgan fingerprint density at radius 1 is 1.32 bits per heavy atom. The molecule has 22 heavy (non-hydrogen) atoms. The van der Waals surface area contributed by atoms with Gasteiger partial charge in [0.2, 0.25) is 5.91 Å². The zero-order valence-electron chi connectivity index (χ0n) is 12.0. The fourth-order valence-electron chi connectivity index (χ4n) is 2.95. The van der Waals surface area contributed by atoms with Crippen molar-refractivity contribution in [2.45, 2.75) is 19.4 Å². The second-order valence-electron chi connectivity index (χ2n) is 5.66. The molecular formula is C16H17FN2O3. The van der Waals surface area contributed by atoms with E-state index < -0.39 is 11.9 Å². The third kappa shape index (κ3) is 2.81. The van der Waals surface area contributed by atoms with Gasteiger partial charge in [-0.15, -0.1) is 0 Å². The summed E-state index contributed by atoms with van der Waals surface area (Å²) < 4.78 is 15.1. The summed E-state index contributed by atoms with van der Waals surface area (Å²) >= 11 is 0. The fourth-order valence-corrected chi connectivity index (χ4v) is 2.95. The number of aromatic nitrogens is 1. The van der Waals surface area contributed by atoms with Gasteiger partial charge in [-0.25, -0.2) is 4.39 Å². The van der Waals surface area contributed by atoms with E-state index in [-0.39, 0.29) is 24.8 Å². The average Bonchev–Trinajstić information content (AvgIpc) is 2.89. The number of nitrogens with zero attached hydrogens (tertiary/aromatic N) is 2. The van der Waals surface area contributed by atoms with Crippen LogP contribution in [0.2, 0.25) is 0 Å². The van der Waals surface area contributed by atoms with Crippen molar-refractivity contribution in [1.82, 2.24) is 9.47 Å². The first-order valence-electron chi connectivity index (χ1n) is 7.29. The summed E-state index contributed by atoms with van der Waals surface area (Å²) in [6, 6.07) is 6.29. The lowest BCUT2D eigenvalue weighted by atomic mass is 9.98. The number of hydrogen-bond acceptors (Lipinski definition) is 2. The first kappa shape index (κ1) is 14.6. The van der Waals surface area contributed by atoms with Crippen molar-refractivity contribution in [3.8, 4) is 0 Å². The van der Waals surface area contributed by atoms with Crippen LogP contribution in [0.5, 0.6) is 0 Å². The Bertz CT molecular complexity index is 725. The van der Waals surface area contributed by atoms with Crippen molar-refractivity contribution in [2.24, 2.45) is 5.92 Å². The molecule has 0 bridgehead atoms. The molecule has 0 saturated carbocycles. The SMILES string of the molecule is O=C(O)[C@H]1CCCN(C(=O)Cn2ccc3ccc(F)cc32)C1. The Labute approximate surface area is 126 Å². The van der Waals surface area contributed by atoms with Crippen LogP contribution >= 0.6 is 0 Å². The summed E-state index contributed by atoms with van der Waals surface area (Å²) in [5, 5.41) is 9.95. The number of carboxylic acid groups (broad SMARTS) is 1. The number of aliphatic carboxylic acids is 1. The number of carbonyl (C=O) groups is 2. The number of likely N-dealkylation sites (tertiary alicyclic amines) is 1. The van der Waals surface area contributed by atoms with E-state index in [9.17, 15) is 14.0 Å². The van der Waals surface area contributed by atoms with E-state index in [1.54, 1.807) is 21.7 Å². The number of piperidine rings is 1. The predicted octanol–water partition coefficient (Wildman–Crippen LogP) is 2.10. The van der Waals surface area contributed by atoms with E-state index in [4.69, 9.17) is 5.11 Å². The van der Waals surface area contributed by atoms with Crippen molar-refractivity contribution in [3.05, 3.63) is 36.3 Å². The van der Waals surface area contributed by atoms with Gasteiger partial charge in [0.25, 0.3) is 0 Å². The highest BCUT2D eigenvalue weighted by atomic mass is 19.1. The van der Waals surface area contributed by atoms with Gasteiger partial charge in [-0.3, -0.25) is 9.59 Å². The van der Waals surface area contributed by atoms with Gasteiger partial charge in [0.15, 0.2) is 0 Å². The van der Waals surface area contributed by atoms with Gasteiger partial charge in [0.05, 0.1) is 11.4 Å². The van der Waals surface area contributed by atoms with Crippen LogP contribution < -0.4 is 0 Å². The highest BCUT2D eigenvalue weighted by Crippen LogP contribution is 2.20. The van der Waals surface area contributed by atoms with Crippen LogP contribution in [-0.2, 0) is 16.1 Å². The fraction of sp³-hybridized carbons (Fsp3) is 0.375. The molecule has 1 fully saturated rings. The molecule has 2 aromatic rings. The van der Waals surface area contributed by atoms with E-state index in [1.165, 1.54) is 12.1 Å². The van der Waals surface area contributed by atoms with Crippen LogP contribution in [0.1, 0.15) is 12.8 Å². The molecule has 6 heteroatoms. The number of carbonyl (C=O) groups excluding carboxylic acids is 1. The number of benzene rings is 1. The molecule has 1 aliphatic rings. The van der Waals surface area contributed by atoms with Crippen molar-refractivity contribution in [2.75, 3.05) is 13.1 Å². The molecular weight excluding hydrogens is 287 g/mol. The summed E-state index contributed by atoms with van der Waals surface area (Å²) in [6.45, 7) is 0.928. The van der Waals surface area contributed by atoms with Crippen LogP contribution in [0.25, 0.3) is 10.9 Å². The zero-order valence-corrected chi connectivity index (χ0v) is 12.0. The second kappa shape index (κ2) is 5.79. The summed E-state index contributed by atoms with van der Waals surface area (Å²) in [4.78, 5) is 25.0. The molecule has 1 N–H and O–H groups in total. The van der Waals surface area contributed by atoms with Gasteiger partial charge < -0.3 is 14.6 Å². The highest BCUT2D eigenvalue weighted by molar-refractivity contribution is 5.83. The molecule has 0 radical (unpaired) electrons. The smallest absolute Gasteiger partial charge is 0.308 e. The van der Waals surface area contributed by atoms with E-state index in [0.717, 1.165) is 5.39 Å². The van der Waals surface area contributed by atoms with E-state index in [2.05, 4.69) is 0 Å². The van der Waals surface area contributed by atoms with E-state index >= 15 is 0 Å². The minimum atomic E-state index is -0.856. The third-order valence-corrected chi connectivity index (χ3v) is 4.16. The number of fused-ring (bicyclic) bond motifs is 1. The molecule has 116 valence electrons. The molecule has 0 aliphatic carbocycles. The lowest BCUT2D eigenvalue weighted by molar-refractivity contribution is -0.145. The zero-order chi connectivity index (χ0) is 15.7. The number of carboxylic acids is 1. The first-order chi connectivity index (χ1) is 10.5. The Kier molecular flexibility index (Phi) is 3.83. The lowest BCUT2D eigenvalue weighted by Crippen LogP contribution is -2.43. The average molecular weight is 304 g/mol. The van der Waals surface area contributed by atoms with Gasteiger partial charge in [-0.1, -0.05) is 0 Å². The van der Waals surface area contributed by atoms with Crippen molar-refractivity contribution >= 4 is 22.8 Å². The monoisotopic (exact) mass is 304 g/mol. The standard InChI is InChI=1S/C16H17FN2O3/c17-13-4-3-11-5-7-18(14(11)8-13)10-15(20)19-6-1-2-12(9-19)16(21)22/h3-5,7-8,12H,1-2,6,9-10H2,(H,21,22)/t12-/m0/s1. The molecule has 1 aromatic heterocycles. The Hall–Kier alpha value is -2.37. The molecule has 1 aromatic carbocycles. The molecule has 1 amide bonds. The number of amides is 1. The van der Waals surface area contributed by atoms with Crippen molar-refractivity contribution in [1.29, 1.82) is 0 Å². The topological polar surface area (TPSA) is 62.5 Å². The molecule has 2 heterocycles. The van der Waals surface area contributed by atoms with Crippen LogP contribution in [-0.4, -0.2) is 39.5 Å². The lowest BCUT2D eigenvalue weighted by Gasteiger charge is -2.30. The number of rotatable bonds is 3. The van der Waals surface area contributed by atoms with Gasteiger partial charge in [0, 0.05) is 19.3 Å². The molecule has 3 rings (SSSR count). The summed E-state index contributed by atoms with van der Waals surface area (Å²) in [5.74, 6) is -1.82. The van der Waals surface area contributed by atoms with Gasteiger partial charge in [-0.2, -0.15) is 0 Å². The molecule has 5 nitrogen and oxygen atoms in total. The first-order valence-corrected chi connectivity index (χ1v) is 7.29. The Morgan fingerprint density at radius 3 is 2.91 bits per heavy atom. The maximum Gasteiger partial charge on any atom is 0.308 e. The van der Waals surface area contributed by atoms with Crippen molar-refractivity contribution < 1.29 is 19.1 Å².